The average Bonchev–Trinajstić information content (AvgIpc) is 2.82. The van der Waals surface area contributed by atoms with Crippen molar-refractivity contribution < 1.29 is 14.3 Å². The third kappa shape index (κ3) is 7.38. The molecule has 2 N–H and O–H groups in total. The molecule has 1 fully saturated rings. The summed E-state index contributed by atoms with van der Waals surface area (Å²) in [5.74, 6) is 0.127. The quantitative estimate of drug-likeness (QED) is 0.541. The molecule has 3 rings (SSSR count). The predicted octanol–water partition coefficient (Wildman–Crippen LogP) is 1.10. The molecule has 2 aromatic rings. The van der Waals surface area contributed by atoms with Crippen LogP contribution in [0, 0.1) is 11.3 Å². The number of nitrogens with one attached hydrogen (secondary N) is 2. The molecule has 0 aliphatic carbocycles. The molecule has 180 valence electrons. The van der Waals surface area contributed by atoms with Crippen molar-refractivity contribution >= 4 is 29.1 Å². The van der Waals surface area contributed by atoms with Crippen molar-refractivity contribution in [3.05, 3.63) is 46.5 Å². The summed E-state index contributed by atoms with van der Waals surface area (Å²) in [5, 5.41) is 15.0. The first kappa shape index (κ1) is 25.4. The van der Waals surface area contributed by atoms with Crippen molar-refractivity contribution in [3.8, 4) is 11.8 Å². The largest absolute Gasteiger partial charge is 0.495 e. The van der Waals surface area contributed by atoms with Crippen molar-refractivity contribution in [3.63, 3.8) is 0 Å². The Kier molecular flexibility index (Phi) is 9.16. The van der Waals surface area contributed by atoms with Gasteiger partial charge in [-0.1, -0.05) is 11.6 Å². The first-order chi connectivity index (χ1) is 16.4. The lowest BCUT2D eigenvalue weighted by Gasteiger charge is -2.31. The topological polar surface area (TPSA) is 123 Å². The lowest BCUT2D eigenvalue weighted by Crippen LogP contribution is -2.48. The number of ether oxygens (including phenoxy) is 1. The molecule has 10 nitrogen and oxygen atoms in total. The maximum Gasteiger partial charge on any atom is 0.234 e. The average molecular weight is 486 g/mol. The van der Waals surface area contributed by atoms with Gasteiger partial charge in [-0.2, -0.15) is 5.26 Å². The number of benzene rings is 1. The molecular weight excluding hydrogens is 458 g/mol. The Labute approximate surface area is 203 Å². The molecule has 0 unspecified atom stereocenters. The summed E-state index contributed by atoms with van der Waals surface area (Å²) >= 11 is 6.43. The molecule has 0 spiro atoms. The molecular formula is C23H28ClN7O3. The zero-order valence-electron chi connectivity index (χ0n) is 19.3. The van der Waals surface area contributed by atoms with Crippen LogP contribution in [0.2, 0.25) is 5.02 Å². The van der Waals surface area contributed by atoms with Crippen LogP contribution < -0.4 is 15.4 Å². The number of nitrogens with zero attached hydrogens (tertiary/aromatic N) is 5. The van der Waals surface area contributed by atoms with E-state index in [1.165, 1.54) is 19.5 Å². The Balaban J connectivity index is 1.52. The fourth-order valence-corrected chi connectivity index (χ4v) is 3.78. The fraction of sp³-hybridized carbons (Fsp3) is 0.435. The molecule has 2 heterocycles. The number of amides is 2. The smallest absolute Gasteiger partial charge is 0.234 e. The van der Waals surface area contributed by atoms with Crippen molar-refractivity contribution in [1.29, 1.82) is 5.26 Å². The molecule has 11 heteroatoms. The van der Waals surface area contributed by atoms with E-state index >= 15 is 0 Å². The summed E-state index contributed by atoms with van der Waals surface area (Å²) in [5.41, 5.74) is 1.85. The minimum Gasteiger partial charge on any atom is -0.495 e. The standard InChI is InChI=1S/C23H28ClN7O3/c1-30-5-7-31(8-6-30)15-23(33)26-4-3-16-9-21(34-2)20(11-19(16)24)29-22(32)10-17-13-28-18(12-25)14-27-17/h9,11,13-14H,3-8,10,15H2,1-2H3,(H,26,33)(H,29,32). The number of methoxy groups -OCH3 is 1. The van der Waals surface area contributed by atoms with Gasteiger partial charge in [-0.25, -0.2) is 4.98 Å². The van der Waals surface area contributed by atoms with Gasteiger partial charge >= 0.3 is 0 Å². The third-order valence-electron chi connectivity index (χ3n) is 5.48. The monoisotopic (exact) mass is 485 g/mol. The van der Waals surface area contributed by atoms with E-state index in [0.29, 0.717) is 41.7 Å². The summed E-state index contributed by atoms with van der Waals surface area (Å²) in [7, 11) is 3.59. The number of carbonyl (C=O) groups is 2. The fourth-order valence-electron chi connectivity index (χ4n) is 3.52. The number of piperazine rings is 1. The second-order valence-electron chi connectivity index (χ2n) is 8.05. The van der Waals surface area contributed by atoms with Crippen LogP contribution >= 0.6 is 11.6 Å². The van der Waals surface area contributed by atoms with E-state index in [1.54, 1.807) is 12.1 Å². The second-order valence-corrected chi connectivity index (χ2v) is 8.46. The normalized spacial score (nSPS) is 14.3. The molecule has 1 aliphatic rings. The number of carbonyl (C=O) groups excluding carboxylic acids is 2. The second kappa shape index (κ2) is 12.3. The van der Waals surface area contributed by atoms with E-state index in [0.717, 1.165) is 31.7 Å². The van der Waals surface area contributed by atoms with Crippen LogP contribution in [0.25, 0.3) is 0 Å². The zero-order chi connectivity index (χ0) is 24.5. The number of hydrogen-bond acceptors (Lipinski definition) is 8. The first-order valence-electron chi connectivity index (χ1n) is 10.9. The highest BCUT2D eigenvalue weighted by molar-refractivity contribution is 6.31. The SMILES string of the molecule is COc1cc(CCNC(=O)CN2CCN(C)CC2)c(Cl)cc1NC(=O)Cc1cnc(C#N)cn1. The lowest BCUT2D eigenvalue weighted by atomic mass is 10.1. The van der Waals surface area contributed by atoms with Gasteiger partial charge in [0.1, 0.15) is 11.8 Å². The maximum atomic E-state index is 12.4. The summed E-state index contributed by atoms with van der Waals surface area (Å²) in [6.45, 7) is 4.53. The highest BCUT2D eigenvalue weighted by atomic mass is 35.5. The molecule has 0 saturated carbocycles. The van der Waals surface area contributed by atoms with E-state index in [-0.39, 0.29) is 23.9 Å². The lowest BCUT2D eigenvalue weighted by molar-refractivity contribution is -0.122. The Morgan fingerprint density at radius 1 is 1.18 bits per heavy atom. The number of aromatic nitrogens is 2. The van der Waals surface area contributed by atoms with Crippen molar-refractivity contribution in [2.45, 2.75) is 12.8 Å². The van der Waals surface area contributed by atoms with E-state index < -0.39 is 0 Å². The van der Waals surface area contributed by atoms with Crippen LogP contribution in [0.15, 0.2) is 24.5 Å². The molecule has 1 saturated heterocycles. The highest BCUT2D eigenvalue weighted by Crippen LogP contribution is 2.31. The maximum absolute atomic E-state index is 12.4. The molecule has 1 aromatic heterocycles. The number of halogens is 1. The van der Waals surface area contributed by atoms with E-state index in [1.807, 2.05) is 6.07 Å². The van der Waals surface area contributed by atoms with Crippen molar-refractivity contribution in [1.82, 2.24) is 25.1 Å². The minimum atomic E-state index is -0.322. The molecule has 2 amide bonds. The van der Waals surface area contributed by atoms with Crippen molar-refractivity contribution in [2.24, 2.45) is 0 Å². The summed E-state index contributed by atoms with van der Waals surface area (Å²) in [6.07, 6.45) is 3.22. The first-order valence-corrected chi connectivity index (χ1v) is 11.3. The van der Waals surface area contributed by atoms with Gasteiger partial charge in [-0.15, -0.1) is 0 Å². The molecule has 0 bridgehead atoms. The van der Waals surface area contributed by atoms with Gasteiger partial charge < -0.3 is 20.3 Å². The zero-order valence-corrected chi connectivity index (χ0v) is 20.1. The van der Waals surface area contributed by atoms with Crippen LogP contribution in [-0.2, 0) is 22.4 Å². The van der Waals surface area contributed by atoms with Gasteiger partial charge in [0.15, 0.2) is 5.69 Å². The number of hydrogen-bond donors (Lipinski definition) is 2. The van der Waals surface area contributed by atoms with Gasteiger partial charge in [-0.3, -0.25) is 19.5 Å². The summed E-state index contributed by atoms with van der Waals surface area (Å²) < 4.78 is 5.42. The molecule has 0 atom stereocenters. The Morgan fingerprint density at radius 3 is 2.59 bits per heavy atom. The summed E-state index contributed by atoms with van der Waals surface area (Å²) in [4.78, 5) is 37.0. The van der Waals surface area contributed by atoms with Crippen LogP contribution in [-0.4, -0.2) is 85.0 Å². The van der Waals surface area contributed by atoms with Gasteiger partial charge in [0.25, 0.3) is 0 Å². The van der Waals surface area contributed by atoms with E-state index in [2.05, 4.69) is 37.4 Å². The third-order valence-corrected chi connectivity index (χ3v) is 5.84. The number of likely N-dealkylation sites (N-methyl/N-ethyl adjacent to an activating group) is 1. The van der Waals surface area contributed by atoms with Crippen LogP contribution in [0.5, 0.6) is 5.75 Å². The predicted molar refractivity (Wildman–Crippen MR) is 128 cm³/mol. The van der Waals surface area contributed by atoms with Gasteiger partial charge in [0.2, 0.25) is 11.8 Å². The number of rotatable bonds is 9. The highest BCUT2D eigenvalue weighted by Gasteiger charge is 2.17. The van der Waals surface area contributed by atoms with Gasteiger partial charge in [-0.05, 0) is 31.2 Å². The van der Waals surface area contributed by atoms with Gasteiger partial charge in [0, 0.05) is 37.7 Å². The molecule has 1 aromatic carbocycles. The van der Waals surface area contributed by atoms with E-state index in [4.69, 9.17) is 21.6 Å². The molecule has 34 heavy (non-hydrogen) atoms. The Bertz CT molecular complexity index is 1050. The van der Waals surface area contributed by atoms with Crippen LogP contribution in [0.4, 0.5) is 5.69 Å². The van der Waals surface area contributed by atoms with Gasteiger partial charge in [0.05, 0.1) is 43.9 Å². The molecule has 0 radical (unpaired) electrons. The Morgan fingerprint density at radius 2 is 1.94 bits per heavy atom. The minimum absolute atomic E-state index is 0.0116. The molecule has 1 aliphatic heterocycles. The number of anilines is 1. The number of nitriles is 1. The summed E-state index contributed by atoms with van der Waals surface area (Å²) in [6, 6.07) is 5.27. The van der Waals surface area contributed by atoms with Crippen LogP contribution in [0.1, 0.15) is 17.0 Å². The van der Waals surface area contributed by atoms with E-state index in [9.17, 15) is 9.59 Å². The van der Waals surface area contributed by atoms with Crippen LogP contribution in [0.3, 0.4) is 0 Å². The van der Waals surface area contributed by atoms with Crippen molar-refractivity contribution in [2.75, 3.05) is 58.7 Å². The Hall–Kier alpha value is -3.26.